The van der Waals surface area contributed by atoms with E-state index in [2.05, 4.69) is 29.4 Å². The van der Waals surface area contributed by atoms with Crippen LogP contribution < -0.4 is 5.32 Å². The summed E-state index contributed by atoms with van der Waals surface area (Å²) in [5.41, 5.74) is 1.78. The first-order chi connectivity index (χ1) is 9.11. The Morgan fingerprint density at radius 3 is 2.84 bits per heavy atom. The largest absolute Gasteiger partial charge is 0.508 e. The van der Waals surface area contributed by atoms with Gasteiger partial charge < -0.3 is 10.4 Å². The second-order valence-electron chi connectivity index (χ2n) is 4.62. The van der Waals surface area contributed by atoms with Crippen molar-refractivity contribution < 1.29 is 5.11 Å². The first kappa shape index (κ1) is 14.0. The fourth-order valence-corrected chi connectivity index (χ4v) is 2.58. The van der Waals surface area contributed by atoms with Gasteiger partial charge in [-0.2, -0.15) is 0 Å². The number of phenolic OH excluding ortho intramolecular Hbond substituents is 1. The van der Waals surface area contributed by atoms with Gasteiger partial charge in [0, 0.05) is 5.56 Å². The smallest absolute Gasteiger partial charge is 0.147 e. The maximum atomic E-state index is 9.74. The first-order valence-electron chi connectivity index (χ1n) is 6.48. The van der Waals surface area contributed by atoms with Crippen molar-refractivity contribution in [3.05, 3.63) is 28.8 Å². The van der Waals surface area contributed by atoms with Crippen LogP contribution in [0.4, 0.5) is 0 Å². The Kier molecular flexibility index (Phi) is 4.50. The van der Waals surface area contributed by atoms with E-state index in [0.717, 1.165) is 34.1 Å². The molecule has 102 valence electrons. The first-order valence-corrected chi connectivity index (χ1v) is 7.30. The Bertz CT molecular complexity index is 553. The number of hydrogen-bond acceptors (Lipinski definition) is 5. The molecular weight excluding hydrogens is 258 g/mol. The quantitative estimate of drug-likeness (QED) is 0.880. The van der Waals surface area contributed by atoms with Crippen LogP contribution >= 0.6 is 11.3 Å². The second-order valence-corrected chi connectivity index (χ2v) is 5.63. The topological polar surface area (TPSA) is 58.0 Å². The normalized spacial score (nSPS) is 12.6. The number of phenols is 1. The van der Waals surface area contributed by atoms with Crippen molar-refractivity contribution in [3.8, 4) is 16.3 Å². The molecule has 0 fully saturated rings. The van der Waals surface area contributed by atoms with Gasteiger partial charge in [-0.25, -0.2) is 0 Å². The minimum atomic E-state index is 0.213. The summed E-state index contributed by atoms with van der Waals surface area (Å²) in [5, 5.41) is 23.4. The van der Waals surface area contributed by atoms with Gasteiger partial charge in [0.2, 0.25) is 0 Å². The SMILES string of the molecule is CCCNC(C)c1nnc(-c2ccc(C)c(O)c2)s1. The summed E-state index contributed by atoms with van der Waals surface area (Å²) in [5.74, 6) is 0.298. The summed E-state index contributed by atoms with van der Waals surface area (Å²) < 4.78 is 0. The van der Waals surface area contributed by atoms with E-state index in [4.69, 9.17) is 0 Å². The van der Waals surface area contributed by atoms with Crippen LogP contribution in [0, 0.1) is 6.92 Å². The van der Waals surface area contributed by atoms with Gasteiger partial charge in [0.1, 0.15) is 15.8 Å². The van der Waals surface area contributed by atoms with Crippen molar-refractivity contribution in [3.63, 3.8) is 0 Å². The molecule has 1 unspecified atom stereocenters. The van der Waals surface area contributed by atoms with Gasteiger partial charge in [-0.3, -0.25) is 0 Å². The average molecular weight is 277 g/mol. The van der Waals surface area contributed by atoms with Crippen LogP contribution in [0.25, 0.3) is 10.6 Å². The number of aryl methyl sites for hydroxylation is 1. The molecule has 19 heavy (non-hydrogen) atoms. The second kappa shape index (κ2) is 6.12. The van der Waals surface area contributed by atoms with Crippen LogP contribution in [-0.2, 0) is 0 Å². The molecule has 1 heterocycles. The molecule has 1 aromatic carbocycles. The Morgan fingerprint density at radius 2 is 2.16 bits per heavy atom. The number of hydrogen-bond donors (Lipinski definition) is 2. The van der Waals surface area contributed by atoms with Crippen LogP contribution in [-0.4, -0.2) is 21.8 Å². The van der Waals surface area contributed by atoms with Crippen LogP contribution in [0.2, 0.25) is 0 Å². The predicted molar refractivity (Wildman–Crippen MR) is 78.5 cm³/mol. The highest BCUT2D eigenvalue weighted by Gasteiger charge is 2.13. The molecule has 0 amide bonds. The molecule has 0 aliphatic carbocycles. The molecule has 0 saturated heterocycles. The van der Waals surface area contributed by atoms with Gasteiger partial charge in [0.05, 0.1) is 6.04 Å². The summed E-state index contributed by atoms with van der Waals surface area (Å²) >= 11 is 1.56. The zero-order valence-corrected chi connectivity index (χ0v) is 12.3. The lowest BCUT2D eigenvalue weighted by Crippen LogP contribution is -2.18. The minimum absolute atomic E-state index is 0.213. The molecule has 0 aliphatic heterocycles. The van der Waals surface area contributed by atoms with Gasteiger partial charge in [0.25, 0.3) is 0 Å². The van der Waals surface area contributed by atoms with E-state index >= 15 is 0 Å². The average Bonchev–Trinajstić information content (AvgIpc) is 2.89. The van der Waals surface area contributed by atoms with Crippen molar-refractivity contribution >= 4 is 11.3 Å². The Hall–Kier alpha value is -1.46. The van der Waals surface area contributed by atoms with Crippen LogP contribution in [0.5, 0.6) is 5.75 Å². The molecule has 1 atom stereocenters. The van der Waals surface area contributed by atoms with E-state index in [1.807, 2.05) is 19.1 Å². The van der Waals surface area contributed by atoms with Gasteiger partial charge >= 0.3 is 0 Å². The van der Waals surface area contributed by atoms with Gasteiger partial charge in [-0.1, -0.05) is 30.4 Å². The van der Waals surface area contributed by atoms with Crippen molar-refractivity contribution in [2.75, 3.05) is 6.54 Å². The van der Waals surface area contributed by atoms with Gasteiger partial charge in [-0.15, -0.1) is 10.2 Å². The van der Waals surface area contributed by atoms with E-state index in [0.29, 0.717) is 5.75 Å². The number of aromatic hydroxyl groups is 1. The number of nitrogens with one attached hydrogen (secondary N) is 1. The van der Waals surface area contributed by atoms with E-state index in [1.165, 1.54) is 0 Å². The highest BCUT2D eigenvalue weighted by Crippen LogP contribution is 2.30. The maximum Gasteiger partial charge on any atom is 0.147 e. The molecule has 1 aromatic heterocycles. The third kappa shape index (κ3) is 3.30. The van der Waals surface area contributed by atoms with Crippen LogP contribution in [0.1, 0.15) is 36.9 Å². The lowest BCUT2D eigenvalue weighted by molar-refractivity contribution is 0.471. The number of nitrogens with zero attached hydrogens (tertiary/aromatic N) is 2. The van der Waals surface area contributed by atoms with E-state index in [1.54, 1.807) is 17.4 Å². The Labute approximate surface area is 117 Å². The Balaban J connectivity index is 2.18. The third-order valence-corrected chi connectivity index (χ3v) is 4.12. The van der Waals surface area contributed by atoms with Crippen molar-refractivity contribution in [2.24, 2.45) is 0 Å². The lowest BCUT2D eigenvalue weighted by Gasteiger charge is -2.08. The summed E-state index contributed by atoms with van der Waals surface area (Å²) in [6.45, 7) is 7.08. The molecule has 2 N–H and O–H groups in total. The monoisotopic (exact) mass is 277 g/mol. The number of benzene rings is 1. The molecule has 0 spiro atoms. The van der Waals surface area contributed by atoms with Crippen molar-refractivity contribution in [2.45, 2.75) is 33.2 Å². The van der Waals surface area contributed by atoms with Crippen LogP contribution in [0.15, 0.2) is 18.2 Å². The highest BCUT2D eigenvalue weighted by atomic mass is 32.1. The molecule has 2 rings (SSSR count). The van der Waals surface area contributed by atoms with Gasteiger partial charge in [0.15, 0.2) is 0 Å². The summed E-state index contributed by atoms with van der Waals surface area (Å²) in [4.78, 5) is 0. The third-order valence-electron chi connectivity index (χ3n) is 2.97. The molecule has 5 heteroatoms. The fraction of sp³-hybridized carbons (Fsp3) is 0.429. The molecular formula is C14H19N3OS. The summed E-state index contributed by atoms with van der Waals surface area (Å²) in [6, 6.07) is 5.81. The lowest BCUT2D eigenvalue weighted by atomic mass is 10.1. The van der Waals surface area contributed by atoms with E-state index in [9.17, 15) is 5.11 Å². The highest BCUT2D eigenvalue weighted by molar-refractivity contribution is 7.14. The standard InChI is InChI=1S/C14H19N3OS/c1-4-7-15-10(3)13-16-17-14(19-13)11-6-5-9(2)12(18)8-11/h5-6,8,10,15,18H,4,7H2,1-3H3. The van der Waals surface area contributed by atoms with E-state index < -0.39 is 0 Å². The molecule has 0 saturated carbocycles. The van der Waals surface area contributed by atoms with E-state index in [-0.39, 0.29) is 6.04 Å². The Morgan fingerprint density at radius 1 is 1.37 bits per heavy atom. The molecule has 0 bridgehead atoms. The fourth-order valence-electron chi connectivity index (χ4n) is 1.72. The van der Waals surface area contributed by atoms with Crippen LogP contribution in [0.3, 0.4) is 0 Å². The molecule has 0 aliphatic rings. The number of aromatic nitrogens is 2. The summed E-state index contributed by atoms with van der Waals surface area (Å²) in [7, 11) is 0. The van der Waals surface area contributed by atoms with Gasteiger partial charge in [-0.05, 0) is 38.4 Å². The molecule has 4 nitrogen and oxygen atoms in total. The minimum Gasteiger partial charge on any atom is -0.508 e. The van der Waals surface area contributed by atoms with Crippen molar-refractivity contribution in [1.29, 1.82) is 0 Å². The maximum absolute atomic E-state index is 9.74. The summed E-state index contributed by atoms with van der Waals surface area (Å²) in [6.07, 6.45) is 1.10. The zero-order valence-electron chi connectivity index (χ0n) is 11.5. The number of rotatable bonds is 5. The zero-order chi connectivity index (χ0) is 13.8. The van der Waals surface area contributed by atoms with Crippen molar-refractivity contribution in [1.82, 2.24) is 15.5 Å². The molecule has 2 aromatic rings. The molecule has 0 radical (unpaired) electrons. The predicted octanol–water partition coefficient (Wildman–Crippen LogP) is 3.28.